The smallest absolute Gasteiger partial charge is 0.339 e. The normalized spacial score (nSPS) is 10.3. The predicted molar refractivity (Wildman–Crippen MR) is 79.4 cm³/mol. The maximum absolute atomic E-state index is 11.3. The van der Waals surface area contributed by atoms with E-state index >= 15 is 0 Å². The maximum Gasteiger partial charge on any atom is 0.339 e. The van der Waals surface area contributed by atoms with Crippen molar-refractivity contribution in [2.24, 2.45) is 0 Å². The van der Waals surface area contributed by atoms with Crippen LogP contribution in [-0.2, 0) is 6.54 Å². The van der Waals surface area contributed by atoms with E-state index in [1.807, 2.05) is 42.2 Å². The number of aromatic nitrogens is 1. The Morgan fingerprint density at radius 2 is 1.95 bits per heavy atom. The van der Waals surface area contributed by atoms with Crippen LogP contribution < -0.4 is 4.90 Å². The van der Waals surface area contributed by atoms with E-state index in [9.17, 15) is 9.90 Å². The molecule has 0 aliphatic rings. The standard InChI is InChI=1S/C15H15ClN2O2/c1-2-18(10-11-6-4-3-5-7-11)14-12(15(19)20)8-9-13(16)17-14/h3-9H,2,10H2,1H3,(H,19,20). The lowest BCUT2D eigenvalue weighted by molar-refractivity contribution is 0.0697. The second-order valence-corrected chi connectivity index (χ2v) is 4.70. The van der Waals surface area contributed by atoms with E-state index in [2.05, 4.69) is 4.98 Å². The summed E-state index contributed by atoms with van der Waals surface area (Å²) in [6, 6.07) is 12.8. The molecule has 0 amide bonds. The van der Waals surface area contributed by atoms with Gasteiger partial charge in [-0.3, -0.25) is 0 Å². The number of aromatic carboxylic acids is 1. The van der Waals surface area contributed by atoms with Crippen LogP contribution in [0.4, 0.5) is 5.82 Å². The molecule has 5 heteroatoms. The quantitative estimate of drug-likeness (QED) is 0.857. The Morgan fingerprint density at radius 1 is 1.25 bits per heavy atom. The minimum atomic E-state index is -1.00. The molecule has 0 aliphatic heterocycles. The second-order valence-electron chi connectivity index (χ2n) is 4.31. The molecule has 0 unspecified atom stereocenters. The average Bonchev–Trinajstić information content (AvgIpc) is 2.45. The maximum atomic E-state index is 11.3. The van der Waals surface area contributed by atoms with Gasteiger partial charge in [0.15, 0.2) is 0 Å². The summed E-state index contributed by atoms with van der Waals surface area (Å²) in [6.45, 7) is 3.19. The van der Waals surface area contributed by atoms with Crippen molar-refractivity contribution in [3.63, 3.8) is 0 Å². The number of pyridine rings is 1. The van der Waals surface area contributed by atoms with Gasteiger partial charge in [0.2, 0.25) is 0 Å². The molecular formula is C15H15ClN2O2. The molecule has 0 radical (unpaired) electrons. The Morgan fingerprint density at radius 3 is 2.55 bits per heavy atom. The number of carboxylic acids is 1. The zero-order chi connectivity index (χ0) is 14.5. The first-order valence-corrected chi connectivity index (χ1v) is 6.68. The van der Waals surface area contributed by atoms with Crippen molar-refractivity contribution in [2.45, 2.75) is 13.5 Å². The number of hydrogen-bond acceptors (Lipinski definition) is 3. The first-order valence-electron chi connectivity index (χ1n) is 6.30. The Bertz CT molecular complexity index is 602. The van der Waals surface area contributed by atoms with Gasteiger partial charge in [-0.25, -0.2) is 9.78 Å². The monoisotopic (exact) mass is 290 g/mol. The first kappa shape index (κ1) is 14.3. The molecule has 1 aromatic heterocycles. The molecule has 0 saturated heterocycles. The highest BCUT2D eigenvalue weighted by Gasteiger charge is 2.17. The van der Waals surface area contributed by atoms with Gasteiger partial charge < -0.3 is 10.0 Å². The largest absolute Gasteiger partial charge is 0.478 e. The van der Waals surface area contributed by atoms with Crippen molar-refractivity contribution in [3.8, 4) is 0 Å². The van der Waals surface area contributed by atoms with Crippen LogP contribution in [0.1, 0.15) is 22.8 Å². The number of nitrogens with zero attached hydrogens (tertiary/aromatic N) is 2. The van der Waals surface area contributed by atoms with E-state index < -0.39 is 5.97 Å². The average molecular weight is 291 g/mol. The molecule has 1 heterocycles. The predicted octanol–water partition coefficient (Wildman–Crippen LogP) is 3.46. The molecule has 0 atom stereocenters. The topological polar surface area (TPSA) is 53.4 Å². The fourth-order valence-corrected chi connectivity index (χ4v) is 2.12. The third kappa shape index (κ3) is 3.27. The number of carbonyl (C=O) groups is 1. The van der Waals surface area contributed by atoms with E-state index in [-0.39, 0.29) is 10.7 Å². The number of anilines is 1. The van der Waals surface area contributed by atoms with Gasteiger partial charge in [-0.2, -0.15) is 0 Å². The molecule has 0 bridgehead atoms. The SMILES string of the molecule is CCN(Cc1ccccc1)c1nc(Cl)ccc1C(=O)O. The van der Waals surface area contributed by atoms with Gasteiger partial charge in [-0.05, 0) is 24.6 Å². The Labute approximate surface area is 122 Å². The molecule has 0 aliphatic carbocycles. The highest BCUT2D eigenvalue weighted by atomic mass is 35.5. The lowest BCUT2D eigenvalue weighted by Gasteiger charge is -2.23. The Kier molecular flexibility index (Phi) is 4.58. The third-order valence-corrected chi connectivity index (χ3v) is 3.18. The van der Waals surface area contributed by atoms with Gasteiger partial charge in [0.05, 0.1) is 0 Å². The second kappa shape index (κ2) is 6.39. The van der Waals surface area contributed by atoms with E-state index in [4.69, 9.17) is 11.6 Å². The molecule has 1 aromatic carbocycles. The minimum Gasteiger partial charge on any atom is -0.478 e. The van der Waals surface area contributed by atoms with Crippen LogP contribution in [-0.4, -0.2) is 22.6 Å². The van der Waals surface area contributed by atoms with Gasteiger partial charge in [0, 0.05) is 13.1 Å². The summed E-state index contributed by atoms with van der Waals surface area (Å²) in [7, 11) is 0. The van der Waals surface area contributed by atoms with Crippen LogP contribution in [0.15, 0.2) is 42.5 Å². The third-order valence-electron chi connectivity index (χ3n) is 2.97. The minimum absolute atomic E-state index is 0.159. The van der Waals surface area contributed by atoms with Crippen LogP contribution in [0, 0.1) is 0 Å². The Balaban J connectivity index is 2.36. The van der Waals surface area contributed by atoms with Crippen LogP contribution in [0.5, 0.6) is 0 Å². The number of hydrogen-bond donors (Lipinski definition) is 1. The molecule has 2 aromatic rings. The lowest BCUT2D eigenvalue weighted by Crippen LogP contribution is -2.25. The van der Waals surface area contributed by atoms with Crippen molar-refractivity contribution >= 4 is 23.4 Å². The Hall–Kier alpha value is -2.07. The summed E-state index contributed by atoms with van der Waals surface area (Å²) in [5.74, 6) is -0.605. The fourth-order valence-electron chi connectivity index (χ4n) is 1.97. The number of carboxylic acid groups (broad SMARTS) is 1. The molecule has 2 rings (SSSR count). The zero-order valence-electron chi connectivity index (χ0n) is 11.1. The van der Waals surface area contributed by atoms with Crippen molar-refractivity contribution in [1.82, 2.24) is 4.98 Å². The molecule has 0 spiro atoms. The summed E-state index contributed by atoms with van der Waals surface area (Å²) in [4.78, 5) is 17.4. The van der Waals surface area contributed by atoms with Crippen molar-refractivity contribution < 1.29 is 9.90 Å². The van der Waals surface area contributed by atoms with Crippen molar-refractivity contribution in [1.29, 1.82) is 0 Å². The summed E-state index contributed by atoms with van der Waals surface area (Å²) in [5.41, 5.74) is 1.25. The molecule has 104 valence electrons. The van der Waals surface area contributed by atoms with E-state index in [0.717, 1.165) is 5.56 Å². The summed E-state index contributed by atoms with van der Waals surface area (Å²) in [5, 5.41) is 9.55. The van der Waals surface area contributed by atoms with Crippen molar-refractivity contribution in [3.05, 3.63) is 58.7 Å². The number of halogens is 1. The molecule has 20 heavy (non-hydrogen) atoms. The van der Waals surface area contributed by atoms with Crippen LogP contribution in [0.3, 0.4) is 0 Å². The van der Waals surface area contributed by atoms with Gasteiger partial charge in [-0.15, -0.1) is 0 Å². The molecule has 1 N–H and O–H groups in total. The summed E-state index contributed by atoms with van der Waals surface area (Å²) < 4.78 is 0. The van der Waals surface area contributed by atoms with Gasteiger partial charge in [-0.1, -0.05) is 41.9 Å². The first-order chi connectivity index (χ1) is 9.61. The van der Waals surface area contributed by atoms with Gasteiger partial charge in [0.25, 0.3) is 0 Å². The van der Waals surface area contributed by atoms with Crippen LogP contribution in [0.25, 0.3) is 0 Å². The van der Waals surface area contributed by atoms with Gasteiger partial charge in [0.1, 0.15) is 16.5 Å². The van der Waals surface area contributed by atoms with Crippen molar-refractivity contribution in [2.75, 3.05) is 11.4 Å². The van der Waals surface area contributed by atoms with E-state index in [1.165, 1.54) is 12.1 Å². The number of rotatable bonds is 5. The molecular weight excluding hydrogens is 276 g/mol. The van der Waals surface area contributed by atoms with Crippen LogP contribution >= 0.6 is 11.6 Å². The zero-order valence-corrected chi connectivity index (χ0v) is 11.8. The van der Waals surface area contributed by atoms with E-state index in [0.29, 0.717) is 18.9 Å². The fraction of sp³-hybridized carbons (Fsp3) is 0.200. The lowest BCUT2D eigenvalue weighted by atomic mass is 10.2. The number of benzene rings is 1. The molecule has 0 saturated carbocycles. The van der Waals surface area contributed by atoms with Crippen LogP contribution in [0.2, 0.25) is 5.15 Å². The highest BCUT2D eigenvalue weighted by molar-refractivity contribution is 6.29. The highest BCUT2D eigenvalue weighted by Crippen LogP contribution is 2.22. The van der Waals surface area contributed by atoms with E-state index in [1.54, 1.807) is 0 Å². The summed E-state index contributed by atoms with van der Waals surface area (Å²) >= 11 is 5.89. The van der Waals surface area contributed by atoms with Gasteiger partial charge >= 0.3 is 5.97 Å². The molecule has 0 fully saturated rings. The molecule has 4 nitrogen and oxygen atoms in total. The summed E-state index contributed by atoms with van der Waals surface area (Å²) in [6.07, 6.45) is 0.